The molecule has 0 saturated heterocycles. The van der Waals surface area contributed by atoms with Gasteiger partial charge >= 0.3 is 0 Å². The number of nitrogens with zero attached hydrogens (tertiary/aromatic N) is 1. The van der Waals surface area contributed by atoms with Gasteiger partial charge < -0.3 is 24.5 Å². The molecule has 0 fully saturated rings. The number of hydrogen-bond acceptors (Lipinski definition) is 4. The molecule has 0 saturated carbocycles. The topological polar surface area (TPSA) is 75.7 Å². The highest BCUT2D eigenvalue weighted by molar-refractivity contribution is 6.03. The standard InChI is InChI=1S/C25H28N2O4/c1-4-5-9-19-24(18-8-6-7-10-20(18)29-3)23(25(26)28)16(2)27(19)14-17-11-12-21-22(13-17)31-15-30-21/h6-8,10-13H,4-5,9,14-15H2,1-3H3,(H2,26,28). The van der Waals surface area contributed by atoms with Gasteiger partial charge in [-0.2, -0.15) is 0 Å². The van der Waals surface area contributed by atoms with E-state index in [4.69, 9.17) is 19.9 Å². The van der Waals surface area contributed by atoms with E-state index >= 15 is 0 Å². The van der Waals surface area contributed by atoms with Gasteiger partial charge in [0.15, 0.2) is 11.5 Å². The van der Waals surface area contributed by atoms with Crippen molar-refractivity contribution in [1.82, 2.24) is 4.57 Å². The second-order valence-electron chi connectivity index (χ2n) is 7.72. The van der Waals surface area contributed by atoms with Crippen molar-refractivity contribution in [3.8, 4) is 28.4 Å². The summed E-state index contributed by atoms with van der Waals surface area (Å²) < 4.78 is 18.8. The van der Waals surface area contributed by atoms with E-state index in [1.807, 2.05) is 49.4 Å². The number of aromatic nitrogens is 1. The van der Waals surface area contributed by atoms with E-state index < -0.39 is 5.91 Å². The number of primary amides is 1. The highest BCUT2D eigenvalue weighted by Crippen LogP contribution is 2.39. The summed E-state index contributed by atoms with van der Waals surface area (Å²) in [5, 5.41) is 0. The maximum atomic E-state index is 12.6. The maximum absolute atomic E-state index is 12.6. The Labute approximate surface area is 182 Å². The Hall–Kier alpha value is -3.41. The predicted molar refractivity (Wildman–Crippen MR) is 120 cm³/mol. The van der Waals surface area contributed by atoms with Gasteiger partial charge in [-0.3, -0.25) is 4.79 Å². The molecule has 1 aromatic heterocycles. The van der Waals surface area contributed by atoms with E-state index in [0.717, 1.165) is 64.6 Å². The molecular weight excluding hydrogens is 392 g/mol. The summed E-state index contributed by atoms with van der Waals surface area (Å²) in [7, 11) is 1.64. The number of para-hydroxylation sites is 1. The number of fused-ring (bicyclic) bond motifs is 1. The molecule has 2 N–H and O–H groups in total. The lowest BCUT2D eigenvalue weighted by atomic mass is 9.97. The fourth-order valence-corrected chi connectivity index (χ4v) is 4.28. The molecule has 1 amide bonds. The summed E-state index contributed by atoms with van der Waals surface area (Å²) in [6.45, 7) is 4.97. The molecular formula is C25H28N2O4. The number of methoxy groups -OCH3 is 1. The van der Waals surface area contributed by atoms with Crippen molar-refractivity contribution in [2.24, 2.45) is 5.73 Å². The van der Waals surface area contributed by atoms with Crippen LogP contribution in [0.2, 0.25) is 0 Å². The quantitative estimate of drug-likeness (QED) is 0.574. The number of hydrogen-bond donors (Lipinski definition) is 1. The van der Waals surface area contributed by atoms with Gasteiger partial charge in [-0.25, -0.2) is 0 Å². The van der Waals surface area contributed by atoms with Crippen LogP contribution in [0.4, 0.5) is 0 Å². The minimum Gasteiger partial charge on any atom is -0.496 e. The molecule has 162 valence electrons. The van der Waals surface area contributed by atoms with Gasteiger partial charge in [0, 0.05) is 29.1 Å². The zero-order valence-electron chi connectivity index (χ0n) is 18.2. The molecule has 31 heavy (non-hydrogen) atoms. The van der Waals surface area contributed by atoms with Crippen LogP contribution in [0.1, 0.15) is 47.1 Å². The second-order valence-corrected chi connectivity index (χ2v) is 7.72. The van der Waals surface area contributed by atoms with Crippen molar-refractivity contribution < 1.29 is 19.0 Å². The van der Waals surface area contributed by atoms with E-state index in [2.05, 4.69) is 11.5 Å². The maximum Gasteiger partial charge on any atom is 0.251 e. The third kappa shape index (κ3) is 3.85. The molecule has 1 aliphatic heterocycles. The fourth-order valence-electron chi connectivity index (χ4n) is 4.28. The van der Waals surface area contributed by atoms with Gasteiger partial charge in [0.25, 0.3) is 5.91 Å². The minimum atomic E-state index is -0.430. The summed E-state index contributed by atoms with van der Waals surface area (Å²) in [6.07, 6.45) is 2.89. The van der Waals surface area contributed by atoms with Crippen molar-refractivity contribution in [2.45, 2.75) is 39.7 Å². The number of rotatable bonds is 8. The normalized spacial score (nSPS) is 12.2. The summed E-state index contributed by atoms with van der Waals surface area (Å²) in [4.78, 5) is 12.6. The highest BCUT2D eigenvalue weighted by atomic mass is 16.7. The molecule has 0 unspecified atom stereocenters. The van der Waals surface area contributed by atoms with Crippen LogP contribution >= 0.6 is 0 Å². The van der Waals surface area contributed by atoms with E-state index in [0.29, 0.717) is 12.1 Å². The molecule has 2 aromatic carbocycles. The molecule has 0 aliphatic carbocycles. The van der Waals surface area contributed by atoms with Crippen molar-refractivity contribution in [3.05, 3.63) is 65.0 Å². The molecule has 6 heteroatoms. The van der Waals surface area contributed by atoms with Gasteiger partial charge in [-0.05, 0) is 43.5 Å². The molecule has 4 rings (SSSR count). The Bertz CT molecular complexity index is 1120. The van der Waals surface area contributed by atoms with Crippen molar-refractivity contribution >= 4 is 5.91 Å². The number of ether oxygens (including phenoxy) is 3. The van der Waals surface area contributed by atoms with Crippen LogP contribution in [0.3, 0.4) is 0 Å². The monoisotopic (exact) mass is 420 g/mol. The molecule has 0 atom stereocenters. The largest absolute Gasteiger partial charge is 0.496 e. The molecule has 0 spiro atoms. The Morgan fingerprint density at radius 2 is 1.94 bits per heavy atom. The van der Waals surface area contributed by atoms with Crippen molar-refractivity contribution in [3.63, 3.8) is 0 Å². The molecule has 2 heterocycles. The van der Waals surface area contributed by atoms with Crippen LogP contribution in [0.25, 0.3) is 11.1 Å². The van der Waals surface area contributed by atoms with Crippen molar-refractivity contribution in [2.75, 3.05) is 13.9 Å². The van der Waals surface area contributed by atoms with Gasteiger partial charge in [-0.1, -0.05) is 37.6 Å². The number of benzene rings is 2. The average molecular weight is 421 g/mol. The number of unbranched alkanes of at least 4 members (excludes halogenated alkanes) is 1. The first-order chi connectivity index (χ1) is 15.0. The number of amides is 1. The molecule has 6 nitrogen and oxygen atoms in total. The first-order valence-corrected chi connectivity index (χ1v) is 10.6. The summed E-state index contributed by atoms with van der Waals surface area (Å²) in [5.74, 6) is 1.80. The van der Waals surface area contributed by atoms with Crippen LogP contribution in [0.15, 0.2) is 42.5 Å². The Balaban J connectivity index is 1.89. The minimum absolute atomic E-state index is 0.243. The smallest absolute Gasteiger partial charge is 0.251 e. The van der Waals surface area contributed by atoms with Gasteiger partial charge in [0.2, 0.25) is 6.79 Å². The highest BCUT2D eigenvalue weighted by Gasteiger charge is 2.26. The van der Waals surface area contributed by atoms with Crippen LogP contribution in [0, 0.1) is 6.92 Å². The average Bonchev–Trinajstić information content (AvgIpc) is 3.34. The molecule has 1 aliphatic rings. The van der Waals surface area contributed by atoms with Gasteiger partial charge in [0.05, 0.1) is 12.7 Å². The predicted octanol–water partition coefficient (Wildman–Crippen LogP) is 4.69. The lowest BCUT2D eigenvalue weighted by Gasteiger charge is -2.15. The van der Waals surface area contributed by atoms with E-state index in [1.54, 1.807) is 7.11 Å². The summed E-state index contributed by atoms with van der Waals surface area (Å²) in [6, 6.07) is 13.7. The lowest BCUT2D eigenvalue weighted by Crippen LogP contribution is -2.13. The van der Waals surface area contributed by atoms with Crippen LogP contribution < -0.4 is 19.9 Å². The SMILES string of the molecule is CCCCc1c(-c2ccccc2OC)c(C(N)=O)c(C)n1Cc1ccc2c(c1)OCO2. The lowest BCUT2D eigenvalue weighted by molar-refractivity contribution is 0.1000. The van der Waals surface area contributed by atoms with E-state index in [-0.39, 0.29) is 6.79 Å². The zero-order chi connectivity index (χ0) is 22.0. The second kappa shape index (κ2) is 8.76. The number of nitrogens with two attached hydrogens (primary N) is 1. The van der Waals surface area contributed by atoms with Gasteiger partial charge in [0.1, 0.15) is 5.75 Å². The zero-order valence-corrected chi connectivity index (χ0v) is 18.2. The Morgan fingerprint density at radius 1 is 1.16 bits per heavy atom. The molecule has 3 aromatic rings. The third-order valence-electron chi connectivity index (χ3n) is 5.80. The summed E-state index contributed by atoms with van der Waals surface area (Å²) >= 11 is 0. The Morgan fingerprint density at radius 3 is 2.68 bits per heavy atom. The van der Waals surface area contributed by atoms with Crippen LogP contribution in [-0.4, -0.2) is 24.4 Å². The molecule has 0 radical (unpaired) electrons. The van der Waals surface area contributed by atoms with E-state index in [1.165, 1.54) is 0 Å². The first kappa shape index (κ1) is 20.8. The summed E-state index contributed by atoms with van der Waals surface area (Å²) in [5.41, 5.74) is 11.2. The van der Waals surface area contributed by atoms with Gasteiger partial charge in [-0.15, -0.1) is 0 Å². The third-order valence-corrected chi connectivity index (χ3v) is 5.80. The number of carbonyl (C=O) groups excluding carboxylic acids is 1. The van der Waals surface area contributed by atoms with Crippen LogP contribution in [-0.2, 0) is 13.0 Å². The fraction of sp³-hybridized carbons (Fsp3) is 0.320. The van der Waals surface area contributed by atoms with Crippen molar-refractivity contribution in [1.29, 1.82) is 0 Å². The number of carbonyl (C=O) groups is 1. The first-order valence-electron chi connectivity index (χ1n) is 10.6. The molecule has 0 bridgehead atoms. The van der Waals surface area contributed by atoms with E-state index in [9.17, 15) is 4.79 Å². The Kier molecular flexibility index (Phi) is 5.89. The van der Waals surface area contributed by atoms with Crippen LogP contribution in [0.5, 0.6) is 17.2 Å².